The van der Waals surface area contributed by atoms with Crippen LogP contribution in [0.2, 0.25) is 0 Å². The lowest BCUT2D eigenvalue weighted by atomic mass is 9.74. The zero-order valence-electron chi connectivity index (χ0n) is 18.2. The maximum absolute atomic E-state index is 12.9. The molecule has 3 aromatic rings. The third-order valence-electron chi connectivity index (χ3n) is 6.41. The van der Waals surface area contributed by atoms with Crippen LogP contribution in [0.3, 0.4) is 0 Å². The third kappa shape index (κ3) is 5.05. The second kappa shape index (κ2) is 9.77. The van der Waals surface area contributed by atoms with E-state index in [0.717, 1.165) is 28.7 Å². The molecule has 1 atom stereocenters. The Labute approximate surface area is 189 Å². The van der Waals surface area contributed by atoms with Crippen LogP contribution in [0.25, 0.3) is 11.1 Å². The average Bonchev–Trinajstić information content (AvgIpc) is 2.84. The maximum atomic E-state index is 12.9. The van der Waals surface area contributed by atoms with Gasteiger partial charge in [-0.25, -0.2) is 0 Å². The number of likely N-dealkylation sites (tertiary alicyclic amines) is 1. The van der Waals surface area contributed by atoms with Crippen LogP contribution in [0.15, 0.2) is 79.1 Å². The highest BCUT2D eigenvalue weighted by Gasteiger charge is 2.42. The van der Waals surface area contributed by atoms with Crippen LogP contribution >= 0.6 is 0 Å². The van der Waals surface area contributed by atoms with E-state index >= 15 is 0 Å². The molecule has 1 saturated heterocycles. The van der Waals surface area contributed by atoms with Gasteiger partial charge in [-0.2, -0.15) is 0 Å². The molecule has 2 N–H and O–H groups in total. The number of benzene rings is 2. The summed E-state index contributed by atoms with van der Waals surface area (Å²) in [6, 6.07) is 22.1. The largest absolute Gasteiger partial charge is 0.369 e. The Morgan fingerprint density at radius 2 is 1.72 bits per heavy atom. The first-order valence-corrected chi connectivity index (χ1v) is 11.2. The zero-order chi connectivity index (χ0) is 22.4. The molecule has 2 aromatic carbocycles. The first kappa shape index (κ1) is 21.8. The van der Waals surface area contributed by atoms with E-state index < -0.39 is 5.41 Å². The van der Waals surface area contributed by atoms with E-state index in [2.05, 4.69) is 4.98 Å². The molecule has 0 spiro atoms. The lowest BCUT2D eigenvalue weighted by Crippen LogP contribution is -2.53. The van der Waals surface area contributed by atoms with Crippen molar-refractivity contribution in [2.24, 2.45) is 11.1 Å². The molecule has 32 heavy (non-hydrogen) atoms. The smallest absolute Gasteiger partial charge is 0.225 e. The molecule has 0 saturated carbocycles. The molecule has 5 heteroatoms. The number of pyridine rings is 1. The lowest BCUT2D eigenvalue weighted by Gasteiger charge is -2.41. The quantitative estimate of drug-likeness (QED) is 0.619. The van der Waals surface area contributed by atoms with Crippen molar-refractivity contribution < 1.29 is 9.59 Å². The van der Waals surface area contributed by atoms with Crippen LogP contribution in [-0.2, 0) is 22.4 Å². The van der Waals surface area contributed by atoms with Gasteiger partial charge >= 0.3 is 0 Å². The highest BCUT2D eigenvalue weighted by Crippen LogP contribution is 2.34. The molecule has 0 radical (unpaired) electrons. The number of nitrogens with two attached hydrogens (primary N) is 1. The van der Waals surface area contributed by atoms with E-state index in [1.165, 1.54) is 0 Å². The average molecular weight is 428 g/mol. The van der Waals surface area contributed by atoms with Gasteiger partial charge in [0.15, 0.2) is 0 Å². The summed E-state index contributed by atoms with van der Waals surface area (Å²) < 4.78 is 0. The number of aryl methyl sites for hydroxylation is 1. The zero-order valence-corrected chi connectivity index (χ0v) is 18.2. The van der Waals surface area contributed by atoms with Crippen molar-refractivity contribution in [2.45, 2.75) is 32.1 Å². The molecular weight excluding hydrogens is 398 g/mol. The van der Waals surface area contributed by atoms with Gasteiger partial charge in [0.2, 0.25) is 11.8 Å². The summed E-state index contributed by atoms with van der Waals surface area (Å²) in [6.45, 7) is 1.07. The summed E-state index contributed by atoms with van der Waals surface area (Å²) in [4.78, 5) is 31.5. The van der Waals surface area contributed by atoms with Crippen LogP contribution in [0.4, 0.5) is 0 Å². The summed E-state index contributed by atoms with van der Waals surface area (Å²) in [5.41, 5.74) is 9.52. The summed E-state index contributed by atoms with van der Waals surface area (Å²) >= 11 is 0. The number of aromatic nitrogens is 1. The lowest BCUT2D eigenvalue weighted by molar-refractivity contribution is -0.139. The van der Waals surface area contributed by atoms with E-state index in [1.807, 2.05) is 77.8 Å². The second-order valence-electron chi connectivity index (χ2n) is 8.66. The molecule has 2 heterocycles. The van der Waals surface area contributed by atoms with Crippen LogP contribution < -0.4 is 5.73 Å². The number of carbonyl (C=O) groups excluding carboxylic acids is 2. The Morgan fingerprint density at radius 1 is 0.938 bits per heavy atom. The SMILES string of the molecule is NC(=O)[C@@]1(Cc2ccc(-c3cccnc3)cc2)CCCN(C(=O)CCc2ccccc2)C1. The molecule has 0 bridgehead atoms. The fourth-order valence-electron chi connectivity index (χ4n) is 4.57. The van der Waals surface area contributed by atoms with Crippen LogP contribution in [-0.4, -0.2) is 34.8 Å². The highest BCUT2D eigenvalue weighted by atomic mass is 16.2. The van der Waals surface area contributed by atoms with Gasteiger partial charge in [-0.05, 0) is 54.0 Å². The summed E-state index contributed by atoms with van der Waals surface area (Å²) in [6.07, 6.45) is 6.76. The molecule has 0 unspecified atom stereocenters. The number of nitrogens with zero attached hydrogens (tertiary/aromatic N) is 2. The van der Waals surface area contributed by atoms with E-state index in [4.69, 9.17) is 5.73 Å². The van der Waals surface area contributed by atoms with E-state index in [9.17, 15) is 9.59 Å². The van der Waals surface area contributed by atoms with Crippen molar-refractivity contribution in [3.63, 3.8) is 0 Å². The van der Waals surface area contributed by atoms with Crippen molar-refractivity contribution in [1.82, 2.24) is 9.88 Å². The van der Waals surface area contributed by atoms with Gasteiger partial charge in [0.1, 0.15) is 0 Å². The van der Waals surface area contributed by atoms with Crippen molar-refractivity contribution in [1.29, 1.82) is 0 Å². The first-order chi connectivity index (χ1) is 15.6. The highest BCUT2D eigenvalue weighted by molar-refractivity contribution is 5.83. The maximum Gasteiger partial charge on any atom is 0.225 e. The van der Waals surface area contributed by atoms with E-state index in [1.54, 1.807) is 6.20 Å². The molecule has 1 aliphatic rings. The Kier molecular flexibility index (Phi) is 6.64. The number of amides is 2. The van der Waals surface area contributed by atoms with Crippen LogP contribution in [0.1, 0.15) is 30.4 Å². The molecule has 1 fully saturated rings. The number of piperidine rings is 1. The Bertz CT molecular complexity index is 1050. The molecule has 0 aliphatic carbocycles. The van der Waals surface area contributed by atoms with Gasteiger partial charge in [0, 0.05) is 31.9 Å². The first-order valence-electron chi connectivity index (χ1n) is 11.2. The van der Waals surface area contributed by atoms with Gasteiger partial charge in [-0.15, -0.1) is 0 Å². The molecule has 2 amide bonds. The summed E-state index contributed by atoms with van der Waals surface area (Å²) in [7, 11) is 0. The minimum atomic E-state index is -0.726. The minimum Gasteiger partial charge on any atom is -0.369 e. The van der Waals surface area contributed by atoms with Gasteiger partial charge < -0.3 is 10.6 Å². The molecule has 164 valence electrons. The van der Waals surface area contributed by atoms with Gasteiger partial charge in [0.25, 0.3) is 0 Å². The predicted molar refractivity (Wildman–Crippen MR) is 126 cm³/mol. The molecule has 1 aliphatic heterocycles. The van der Waals surface area contributed by atoms with Gasteiger partial charge in [0.05, 0.1) is 5.41 Å². The number of hydrogen-bond acceptors (Lipinski definition) is 3. The fraction of sp³-hybridized carbons (Fsp3) is 0.296. The molecule has 5 nitrogen and oxygen atoms in total. The number of hydrogen-bond donors (Lipinski definition) is 1. The van der Waals surface area contributed by atoms with Crippen molar-refractivity contribution >= 4 is 11.8 Å². The normalized spacial score (nSPS) is 18.3. The number of primary amides is 1. The molecule has 1 aromatic heterocycles. The topological polar surface area (TPSA) is 76.3 Å². The Hall–Kier alpha value is -3.47. The van der Waals surface area contributed by atoms with Crippen molar-refractivity contribution in [3.8, 4) is 11.1 Å². The third-order valence-corrected chi connectivity index (χ3v) is 6.41. The standard InChI is InChI=1S/C27H29N3O2/c28-26(32)27(18-22-9-12-23(13-10-22)24-8-4-16-29-19-24)15-5-17-30(20-27)25(31)14-11-21-6-2-1-3-7-21/h1-4,6-10,12-13,16,19H,5,11,14-15,17-18,20H2,(H2,28,32)/t27-/m1/s1. The van der Waals surface area contributed by atoms with Gasteiger partial charge in [-0.1, -0.05) is 60.7 Å². The van der Waals surface area contributed by atoms with Crippen LogP contribution in [0, 0.1) is 5.41 Å². The van der Waals surface area contributed by atoms with E-state index in [0.29, 0.717) is 38.8 Å². The van der Waals surface area contributed by atoms with Crippen molar-refractivity contribution in [2.75, 3.05) is 13.1 Å². The fourth-order valence-corrected chi connectivity index (χ4v) is 4.57. The monoisotopic (exact) mass is 427 g/mol. The second-order valence-corrected chi connectivity index (χ2v) is 8.66. The Morgan fingerprint density at radius 3 is 2.41 bits per heavy atom. The van der Waals surface area contributed by atoms with E-state index in [-0.39, 0.29) is 11.8 Å². The van der Waals surface area contributed by atoms with Gasteiger partial charge in [-0.3, -0.25) is 14.6 Å². The number of rotatable bonds is 7. The Balaban J connectivity index is 1.44. The molecular formula is C27H29N3O2. The summed E-state index contributed by atoms with van der Waals surface area (Å²) in [5, 5.41) is 0. The summed E-state index contributed by atoms with van der Waals surface area (Å²) in [5.74, 6) is -0.236. The van der Waals surface area contributed by atoms with Crippen molar-refractivity contribution in [3.05, 3.63) is 90.3 Å². The minimum absolute atomic E-state index is 0.0890. The van der Waals surface area contributed by atoms with Crippen LogP contribution in [0.5, 0.6) is 0 Å². The predicted octanol–water partition coefficient (Wildman–Crippen LogP) is 4.02. The molecule has 4 rings (SSSR count). The number of carbonyl (C=O) groups is 2.